The van der Waals surface area contributed by atoms with Crippen LogP contribution in [-0.2, 0) is 43.9 Å². The van der Waals surface area contributed by atoms with Crippen LogP contribution in [-0.4, -0.2) is 103 Å². The van der Waals surface area contributed by atoms with Crippen LogP contribution in [0, 0.1) is 11.8 Å². The highest BCUT2D eigenvalue weighted by atomic mass is 32.2. The van der Waals surface area contributed by atoms with Crippen molar-refractivity contribution in [2.75, 3.05) is 33.9 Å². The second-order valence-corrected chi connectivity index (χ2v) is 16.0. The fourth-order valence-corrected chi connectivity index (χ4v) is 8.34. The van der Waals surface area contributed by atoms with E-state index in [1.807, 2.05) is 58.0 Å². The second-order valence-electron chi connectivity index (χ2n) is 13.1. The van der Waals surface area contributed by atoms with Crippen molar-refractivity contribution in [3.8, 4) is 5.75 Å². The molecule has 4 rings (SSSR count). The number of rotatable bonds is 19. The quantitative estimate of drug-likeness (QED) is 0.174. The molecular weight excluding hydrogens is 695 g/mol. The molecule has 1 aliphatic rings. The predicted octanol–water partition coefficient (Wildman–Crippen LogP) is 3.91. The molecule has 0 aliphatic carbocycles. The largest absolute Gasteiger partial charge is 0.497 e. The summed E-state index contributed by atoms with van der Waals surface area (Å²) in [6.07, 6.45) is -0.625. The van der Waals surface area contributed by atoms with Crippen molar-refractivity contribution in [1.29, 1.82) is 0 Å². The zero-order valence-corrected chi connectivity index (χ0v) is 31.7. The van der Waals surface area contributed by atoms with Gasteiger partial charge in [0.25, 0.3) is 5.91 Å². The van der Waals surface area contributed by atoms with Crippen molar-refractivity contribution in [2.24, 2.45) is 11.8 Å². The molecule has 4 amide bonds. The van der Waals surface area contributed by atoms with E-state index < -0.39 is 46.1 Å². The molecule has 0 unspecified atom stereocenters. The molecule has 0 radical (unpaired) electrons. The third-order valence-electron chi connectivity index (χ3n) is 8.81. The maximum absolute atomic E-state index is 14.3. The summed E-state index contributed by atoms with van der Waals surface area (Å²) in [7, 11) is -0.997. The lowest BCUT2D eigenvalue weighted by Crippen LogP contribution is -2.57. The Kier molecular flexibility index (Phi) is 14.1. The molecule has 51 heavy (non-hydrogen) atoms. The minimum absolute atomic E-state index is 0.0348. The van der Waals surface area contributed by atoms with Crippen LogP contribution in [0.4, 0.5) is 4.79 Å². The highest BCUT2D eigenvalue weighted by Gasteiger charge is 2.45. The number of imide groups is 1. The van der Waals surface area contributed by atoms with Crippen LogP contribution in [0.15, 0.2) is 64.9 Å². The Morgan fingerprint density at radius 2 is 1.75 bits per heavy atom. The lowest BCUT2D eigenvalue weighted by Gasteiger charge is -2.34. The number of aliphatic hydroxyl groups excluding tert-OH is 1. The van der Waals surface area contributed by atoms with E-state index in [1.54, 1.807) is 24.6 Å². The van der Waals surface area contributed by atoms with Crippen molar-refractivity contribution in [3.63, 3.8) is 0 Å². The molecule has 3 aromatic rings. The Hall–Kier alpha value is -3.89. The summed E-state index contributed by atoms with van der Waals surface area (Å²) in [6, 6.07) is 12.7. The molecule has 278 valence electrons. The molecule has 15 heteroatoms. The normalized spacial score (nSPS) is 16.1. The number of aliphatic hydroxyl groups is 1. The van der Waals surface area contributed by atoms with E-state index in [4.69, 9.17) is 9.47 Å². The van der Waals surface area contributed by atoms with Crippen LogP contribution in [0.1, 0.15) is 50.4 Å². The number of sulfonamides is 1. The summed E-state index contributed by atoms with van der Waals surface area (Å²) in [6.45, 7) is 7.30. The molecule has 13 nitrogen and oxygen atoms in total. The van der Waals surface area contributed by atoms with Crippen molar-refractivity contribution in [1.82, 2.24) is 24.4 Å². The molecule has 0 bridgehead atoms. The fraction of sp³-hybridized carbons (Fsp3) is 0.500. The molecule has 4 atom stereocenters. The van der Waals surface area contributed by atoms with E-state index >= 15 is 0 Å². The van der Waals surface area contributed by atoms with Crippen LogP contribution in [0.5, 0.6) is 5.75 Å². The number of thiazole rings is 1. The number of benzene rings is 2. The molecule has 1 aliphatic heterocycles. The standard InChI is InChI=1S/C36H49N5O8S2/c1-7-25(4)34(41-21-33(43)40(36(41)45)19-27-23-50-32(37-27)22-48-5)35(44)38-30(17-26-11-9-8-10-12-26)31(42)20-39(18-24(2)3)51(46,47)29-15-13-28(49-6)14-16-29/h8-16,23-25,30-31,34,42H,7,17-22H2,1-6H3,(H,38,44)/t25-,30-,31+,34-/m0/s1. The van der Waals surface area contributed by atoms with Gasteiger partial charge in [-0.05, 0) is 48.1 Å². The summed E-state index contributed by atoms with van der Waals surface area (Å²) in [4.78, 5) is 48.0. The Bertz CT molecular complexity index is 1720. The van der Waals surface area contributed by atoms with Gasteiger partial charge >= 0.3 is 6.03 Å². The van der Waals surface area contributed by atoms with E-state index in [9.17, 15) is 27.9 Å². The van der Waals surface area contributed by atoms with Crippen LogP contribution < -0.4 is 10.1 Å². The number of nitrogens with zero attached hydrogens (tertiary/aromatic N) is 4. The first-order valence-electron chi connectivity index (χ1n) is 17.0. The molecule has 1 fully saturated rings. The van der Waals surface area contributed by atoms with Gasteiger partial charge in [0.1, 0.15) is 23.3 Å². The van der Waals surface area contributed by atoms with Gasteiger partial charge in [0, 0.05) is 25.6 Å². The number of nitrogens with one attached hydrogen (secondary N) is 1. The topological polar surface area (TPSA) is 159 Å². The van der Waals surface area contributed by atoms with Crippen LogP contribution in [0.3, 0.4) is 0 Å². The van der Waals surface area contributed by atoms with Gasteiger partial charge in [0.05, 0.1) is 43.0 Å². The Morgan fingerprint density at radius 1 is 1.06 bits per heavy atom. The van der Waals surface area contributed by atoms with Gasteiger partial charge in [0.2, 0.25) is 15.9 Å². The second kappa shape index (κ2) is 18.0. The Labute approximate surface area is 304 Å². The van der Waals surface area contributed by atoms with E-state index in [1.165, 1.54) is 39.8 Å². The minimum atomic E-state index is -4.05. The lowest BCUT2D eigenvalue weighted by molar-refractivity contribution is -0.129. The Balaban J connectivity index is 1.60. The monoisotopic (exact) mass is 743 g/mol. The SMILES string of the molecule is CC[C@H](C)[C@@H](C(=O)N[C@@H](Cc1ccccc1)[C@H](O)CN(CC(C)C)S(=O)(=O)c1ccc(OC)cc1)N1CC(=O)N(Cc2csc(COC)n2)C1=O. The van der Waals surface area contributed by atoms with Gasteiger partial charge in [-0.15, -0.1) is 11.3 Å². The first-order chi connectivity index (χ1) is 24.3. The zero-order valence-electron chi connectivity index (χ0n) is 30.0. The molecule has 0 spiro atoms. The molecule has 1 saturated heterocycles. The number of urea groups is 1. The predicted molar refractivity (Wildman–Crippen MR) is 193 cm³/mol. The molecule has 2 aromatic carbocycles. The van der Waals surface area contributed by atoms with Gasteiger partial charge in [-0.25, -0.2) is 18.2 Å². The molecule has 0 saturated carbocycles. The van der Waals surface area contributed by atoms with Crippen LogP contribution >= 0.6 is 11.3 Å². The van der Waals surface area contributed by atoms with Crippen molar-refractivity contribution >= 4 is 39.2 Å². The van der Waals surface area contributed by atoms with Gasteiger partial charge in [-0.1, -0.05) is 64.4 Å². The van der Waals surface area contributed by atoms with E-state index in [2.05, 4.69) is 10.3 Å². The first-order valence-corrected chi connectivity index (χ1v) is 19.3. The number of aromatic nitrogens is 1. The van der Waals surface area contributed by atoms with E-state index in [0.717, 1.165) is 10.5 Å². The van der Waals surface area contributed by atoms with Crippen molar-refractivity contribution in [2.45, 2.75) is 76.8 Å². The summed E-state index contributed by atoms with van der Waals surface area (Å²) in [5, 5.41) is 17.2. The average molecular weight is 744 g/mol. The van der Waals surface area contributed by atoms with Gasteiger partial charge < -0.3 is 24.8 Å². The number of amides is 4. The third kappa shape index (κ3) is 10.1. The summed E-state index contributed by atoms with van der Waals surface area (Å²) >= 11 is 1.37. The van der Waals surface area contributed by atoms with Crippen LogP contribution in [0.25, 0.3) is 0 Å². The van der Waals surface area contributed by atoms with E-state index in [-0.39, 0.29) is 49.3 Å². The summed E-state index contributed by atoms with van der Waals surface area (Å²) < 4.78 is 39.3. The van der Waals surface area contributed by atoms with Crippen molar-refractivity contribution < 1.29 is 37.4 Å². The average Bonchev–Trinajstić information content (AvgIpc) is 3.67. The minimum Gasteiger partial charge on any atom is -0.497 e. The highest BCUT2D eigenvalue weighted by Crippen LogP contribution is 2.25. The summed E-state index contributed by atoms with van der Waals surface area (Å²) in [5.41, 5.74) is 1.35. The van der Waals surface area contributed by atoms with E-state index in [0.29, 0.717) is 29.5 Å². The first kappa shape index (κ1) is 39.9. The van der Waals surface area contributed by atoms with Gasteiger partial charge in [-0.3, -0.25) is 14.5 Å². The smallest absolute Gasteiger partial charge is 0.328 e. The number of hydrogen-bond acceptors (Lipinski definition) is 10. The van der Waals surface area contributed by atoms with Gasteiger partial charge in [0.15, 0.2) is 0 Å². The number of ether oxygens (including phenoxy) is 2. The number of hydrogen-bond donors (Lipinski definition) is 2. The number of carbonyl (C=O) groups is 3. The van der Waals surface area contributed by atoms with Crippen LogP contribution in [0.2, 0.25) is 0 Å². The molecular formula is C36H49N5O8S2. The highest BCUT2D eigenvalue weighted by molar-refractivity contribution is 7.89. The number of methoxy groups -OCH3 is 2. The van der Waals surface area contributed by atoms with Crippen molar-refractivity contribution in [3.05, 3.63) is 76.2 Å². The molecule has 1 aromatic heterocycles. The zero-order chi connectivity index (χ0) is 37.3. The fourth-order valence-electron chi connectivity index (χ4n) is 5.97. The maximum atomic E-state index is 14.3. The summed E-state index contributed by atoms with van der Waals surface area (Å²) in [5.74, 6) is -0.906. The number of carbonyl (C=O) groups excluding carboxylic acids is 3. The maximum Gasteiger partial charge on any atom is 0.328 e. The molecule has 2 heterocycles. The lowest BCUT2D eigenvalue weighted by atomic mass is 9.95. The Morgan fingerprint density at radius 3 is 2.35 bits per heavy atom. The molecule has 2 N–H and O–H groups in total. The third-order valence-corrected chi connectivity index (χ3v) is 11.5. The van der Waals surface area contributed by atoms with Gasteiger partial charge in [-0.2, -0.15) is 4.31 Å².